The van der Waals surface area contributed by atoms with Crippen molar-refractivity contribution in [2.45, 2.75) is 0 Å². The molecule has 2 heterocycles. The molecule has 1 aromatic carbocycles. The number of aromatic nitrogens is 1. The number of carbonyl (C=O) groups is 2. The lowest BCUT2D eigenvalue weighted by atomic mass is 10.0. The van der Waals surface area contributed by atoms with E-state index in [2.05, 4.69) is 5.16 Å². The molecule has 0 aliphatic carbocycles. The van der Waals surface area contributed by atoms with E-state index in [4.69, 9.17) is 10.3 Å². The molecular weight excluding hydrogens is 272 g/mol. The fourth-order valence-electron chi connectivity index (χ4n) is 2.35. The Morgan fingerprint density at radius 3 is 2.62 bits per heavy atom. The first-order valence-corrected chi connectivity index (χ1v) is 6.46. The van der Waals surface area contributed by atoms with Crippen molar-refractivity contribution >= 4 is 23.4 Å². The Balaban J connectivity index is 2.06. The number of hydrogen-bond acceptors (Lipinski definition) is 5. The Bertz CT molecular complexity index is 710. The maximum absolute atomic E-state index is 12.2. The molecule has 2 aromatic rings. The summed E-state index contributed by atoms with van der Waals surface area (Å²) >= 11 is 0. The number of hydrogen-bond donors (Lipinski definition) is 1. The number of likely N-dealkylation sites (N-methyl/N-ethyl adjacent to an activating group) is 1. The second-order valence-electron chi connectivity index (χ2n) is 4.80. The molecule has 7 nitrogen and oxygen atoms in total. The summed E-state index contributed by atoms with van der Waals surface area (Å²) in [7, 11) is 1.61. The van der Waals surface area contributed by atoms with Gasteiger partial charge in [0, 0.05) is 25.7 Å². The first-order valence-electron chi connectivity index (χ1n) is 6.46. The SMILES string of the molecule is CN1CCN(c2ccccc2-c2cnoc2N)C(=O)C1=O. The minimum Gasteiger partial charge on any atom is -0.367 e. The Hall–Kier alpha value is -2.83. The summed E-state index contributed by atoms with van der Waals surface area (Å²) in [5, 5.41) is 3.65. The predicted octanol–water partition coefficient (Wildman–Crippen LogP) is 0.729. The topological polar surface area (TPSA) is 92.7 Å². The van der Waals surface area contributed by atoms with Crippen LogP contribution in [0.2, 0.25) is 0 Å². The standard InChI is InChI=1S/C14H14N4O3/c1-17-6-7-18(14(20)13(17)19)11-5-3-2-4-9(11)10-8-16-21-12(10)15/h2-5,8H,6-7,15H2,1H3. The molecule has 0 unspecified atom stereocenters. The largest absolute Gasteiger partial charge is 0.367 e. The van der Waals surface area contributed by atoms with Gasteiger partial charge in [-0.25, -0.2) is 0 Å². The molecule has 108 valence electrons. The molecule has 1 aliphatic rings. The molecule has 1 saturated heterocycles. The lowest BCUT2D eigenvalue weighted by Crippen LogP contribution is -2.53. The van der Waals surface area contributed by atoms with E-state index in [0.29, 0.717) is 29.9 Å². The van der Waals surface area contributed by atoms with Gasteiger partial charge in [0.2, 0.25) is 5.88 Å². The van der Waals surface area contributed by atoms with Gasteiger partial charge in [-0.15, -0.1) is 0 Å². The van der Waals surface area contributed by atoms with Gasteiger partial charge >= 0.3 is 11.8 Å². The predicted molar refractivity (Wildman–Crippen MR) is 76.3 cm³/mol. The Labute approximate surface area is 120 Å². The van der Waals surface area contributed by atoms with Gasteiger partial charge in [-0.1, -0.05) is 23.4 Å². The maximum Gasteiger partial charge on any atom is 0.316 e. The van der Waals surface area contributed by atoms with Gasteiger partial charge in [0.25, 0.3) is 0 Å². The number of piperazine rings is 1. The third kappa shape index (κ3) is 2.12. The van der Waals surface area contributed by atoms with Crippen molar-refractivity contribution in [3.8, 4) is 11.1 Å². The molecule has 0 bridgehead atoms. The molecule has 1 aliphatic heterocycles. The number of nitrogen functional groups attached to an aromatic ring is 1. The van der Waals surface area contributed by atoms with Crippen LogP contribution in [0, 0.1) is 0 Å². The summed E-state index contributed by atoms with van der Waals surface area (Å²) in [6.45, 7) is 0.918. The van der Waals surface area contributed by atoms with Crippen molar-refractivity contribution in [1.82, 2.24) is 10.1 Å². The van der Waals surface area contributed by atoms with Crippen LogP contribution >= 0.6 is 0 Å². The Kier molecular flexibility index (Phi) is 3.09. The van der Waals surface area contributed by atoms with Crippen LogP contribution in [0.1, 0.15) is 0 Å². The van der Waals surface area contributed by atoms with Crippen molar-refractivity contribution in [2.75, 3.05) is 30.8 Å². The third-order valence-electron chi connectivity index (χ3n) is 3.52. The first kappa shape index (κ1) is 13.2. The van der Waals surface area contributed by atoms with Gasteiger partial charge in [-0.3, -0.25) is 9.59 Å². The molecule has 2 amide bonds. The van der Waals surface area contributed by atoms with Gasteiger partial charge in [0.15, 0.2) is 0 Å². The van der Waals surface area contributed by atoms with Gasteiger partial charge in [0.05, 0.1) is 17.4 Å². The van der Waals surface area contributed by atoms with Crippen molar-refractivity contribution in [1.29, 1.82) is 0 Å². The quantitative estimate of drug-likeness (QED) is 0.821. The second-order valence-corrected chi connectivity index (χ2v) is 4.80. The second kappa shape index (κ2) is 4.93. The average Bonchev–Trinajstić information content (AvgIpc) is 2.91. The molecule has 3 rings (SSSR count). The highest BCUT2D eigenvalue weighted by Gasteiger charge is 2.32. The van der Waals surface area contributed by atoms with E-state index in [9.17, 15) is 9.59 Å². The third-order valence-corrected chi connectivity index (χ3v) is 3.52. The number of carbonyl (C=O) groups excluding carboxylic acids is 2. The zero-order valence-electron chi connectivity index (χ0n) is 11.4. The number of para-hydroxylation sites is 1. The molecule has 0 radical (unpaired) electrons. The normalized spacial score (nSPS) is 15.7. The van der Waals surface area contributed by atoms with Gasteiger partial charge in [0.1, 0.15) is 0 Å². The minimum atomic E-state index is -0.550. The van der Waals surface area contributed by atoms with E-state index in [1.165, 1.54) is 16.0 Å². The number of rotatable bonds is 2. The summed E-state index contributed by atoms with van der Waals surface area (Å²) in [5.41, 5.74) is 7.68. The van der Waals surface area contributed by atoms with Crippen LogP contribution in [-0.4, -0.2) is 42.0 Å². The fraction of sp³-hybridized carbons (Fsp3) is 0.214. The van der Waals surface area contributed by atoms with Crippen molar-refractivity contribution < 1.29 is 14.1 Å². The van der Waals surface area contributed by atoms with Crippen molar-refractivity contribution in [2.24, 2.45) is 0 Å². The zero-order chi connectivity index (χ0) is 15.0. The van der Waals surface area contributed by atoms with E-state index in [-0.39, 0.29) is 5.88 Å². The van der Waals surface area contributed by atoms with Gasteiger partial charge in [-0.2, -0.15) is 0 Å². The fourth-order valence-corrected chi connectivity index (χ4v) is 2.35. The zero-order valence-corrected chi connectivity index (χ0v) is 11.4. The minimum absolute atomic E-state index is 0.176. The van der Waals surface area contributed by atoms with E-state index >= 15 is 0 Å². The number of nitrogens with zero attached hydrogens (tertiary/aromatic N) is 3. The highest BCUT2D eigenvalue weighted by atomic mass is 16.5. The average molecular weight is 286 g/mol. The van der Waals surface area contributed by atoms with Crippen LogP contribution in [0.25, 0.3) is 11.1 Å². The molecule has 0 saturated carbocycles. The van der Waals surface area contributed by atoms with Crippen LogP contribution in [0.5, 0.6) is 0 Å². The van der Waals surface area contributed by atoms with Crippen molar-refractivity contribution in [3.05, 3.63) is 30.5 Å². The lowest BCUT2D eigenvalue weighted by Gasteiger charge is -2.32. The van der Waals surface area contributed by atoms with E-state index in [1.54, 1.807) is 19.2 Å². The Morgan fingerprint density at radius 1 is 1.14 bits per heavy atom. The van der Waals surface area contributed by atoms with E-state index < -0.39 is 11.8 Å². The first-order chi connectivity index (χ1) is 10.1. The molecule has 21 heavy (non-hydrogen) atoms. The summed E-state index contributed by atoms with van der Waals surface area (Å²) in [6.07, 6.45) is 1.50. The molecule has 1 fully saturated rings. The lowest BCUT2D eigenvalue weighted by molar-refractivity contribution is -0.145. The molecule has 0 spiro atoms. The summed E-state index contributed by atoms with van der Waals surface area (Å²) in [5.74, 6) is -0.893. The summed E-state index contributed by atoms with van der Waals surface area (Å²) in [6, 6.07) is 7.22. The highest BCUT2D eigenvalue weighted by Crippen LogP contribution is 2.34. The van der Waals surface area contributed by atoms with E-state index in [1.807, 2.05) is 12.1 Å². The Morgan fingerprint density at radius 2 is 1.90 bits per heavy atom. The van der Waals surface area contributed by atoms with Gasteiger partial charge < -0.3 is 20.1 Å². The molecule has 2 N–H and O–H groups in total. The van der Waals surface area contributed by atoms with Crippen LogP contribution < -0.4 is 10.6 Å². The van der Waals surface area contributed by atoms with Crippen molar-refractivity contribution in [3.63, 3.8) is 0 Å². The van der Waals surface area contributed by atoms with Crippen LogP contribution in [-0.2, 0) is 9.59 Å². The highest BCUT2D eigenvalue weighted by molar-refractivity contribution is 6.41. The number of amides is 2. The number of benzene rings is 1. The summed E-state index contributed by atoms with van der Waals surface area (Å²) < 4.78 is 4.88. The molecule has 1 aromatic heterocycles. The smallest absolute Gasteiger partial charge is 0.316 e. The molecular formula is C14H14N4O3. The van der Waals surface area contributed by atoms with Crippen LogP contribution in [0.15, 0.2) is 35.0 Å². The molecule has 0 atom stereocenters. The molecule has 7 heteroatoms. The number of nitrogens with two attached hydrogens (primary N) is 1. The van der Waals surface area contributed by atoms with E-state index in [0.717, 1.165) is 0 Å². The monoisotopic (exact) mass is 286 g/mol. The van der Waals surface area contributed by atoms with Crippen LogP contribution in [0.4, 0.5) is 11.6 Å². The maximum atomic E-state index is 12.2. The van der Waals surface area contributed by atoms with Crippen LogP contribution in [0.3, 0.4) is 0 Å². The summed E-state index contributed by atoms with van der Waals surface area (Å²) in [4.78, 5) is 26.9. The van der Waals surface area contributed by atoms with Gasteiger partial charge in [-0.05, 0) is 6.07 Å². The number of anilines is 2.